The van der Waals surface area contributed by atoms with Gasteiger partial charge >= 0.3 is 0 Å². The molecular formula is C27H27N3O2S3. The Labute approximate surface area is 217 Å². The molecule has 2 aromatic heterocycles. The number of benzene rings is 2. The number of amides is 1. The number of aryl methyl sites for hydroxylation is 1. The average molecular weight is 522 g/mol. The topological polar surface area (TPSA) is 64.0 Å². The molecule has 0 atom stereocenters. The number of thiophene rings is 1. The van der Waals surface area contributed by atoms with Crippen molar-refractivity contribution in [3.05, 3.63) is 86.5 Å². The second-order valence-electron chi connectivity index (χ2n) is 9.33. The van der Waals surface area contributed by atoms with Crippen molar-refractivity contribution in [3.63, 3.8) is 0 Å². The second kappa shape index (κ2) is 9.84. The Kier molecular flexibility index (Phi) is 6.79. The van der Waals surface area contributed by atoms with Gasteiger partial charge in [-0.1, -0.05) is 73.6 Å². The van der Waals surface area contributed by atoms with Crippen LogP contribution in [0.3, 0.4) is 0 Å². The molecule has 8 heteroatoms. The zero-order valence-corrected chi connectivity index (χ0v) is 22.4. The average Bonchev–Trinajstić information content (AvgIpc) is 3.19. The fraction of sp³-hybridized carbons (Fsp3) is 0.296. The third kappa shape index (κ3) is 5.20. The van der Waals surface area contributed by atoms with Gasteiger partial charge in [-0.05, 0) is 36.6 Å². The fourth-order valence-corrected chi connectivity index (χ4v) is 7.39. The number of thioether (sulfide) groups is 2. The monoisotopic (exact) mass is 521 g/mol. The van der Waals surface area contributed by atoms with Crippen LogP contribution in [0.2, 0.25) is 0 Å². The molecule has 35 heavy (non-hydrogen) atoms. The minimum absolute atomic E-state index is 0.0498. The number of aromatic nitrogens is 2. The maximum absolute atomic E-state index is 13.9. The molecule has 0 aliphatic carbocycles. The van der Waals surface area contributed by atoms with Crippen LogP contribution < -0.4 is 10.9 Å². The van der Waals surface area contributed by atoms with Gasteiger partial charge in [0.2, 0.25) is 5.91 Å². The summed E-state index contributed by atoms with van der Waals surface area (Å²) in [5, 5.41) is 4.24. The van der Waals surface area contributed by atoms with Gasteiger partial charge in [0.25, 0.3) is 5.56 Å². The molecule has 0 saturated heterocycles. The number of fused-ring (bicyclic) bond motifs is 3. The predicted molar refractivity (Wildman–Crippen MR) is 148 cm³/mol. The van der Waals surface area contributed by atoms with Crippen LogP contribution in [0.4, 0.5) is 0 Å². The predicted octanol–water partition coefficient (Wildman–Crippen LogP) is 5.73. The van der Waals surface area contributed by atoms with Gasteiger partial charge in [-0.15, -0.1) is 23.1 Å². The summed E-state index contributed by atoms with van der Waals surface area (Å²) in [5.74, 6) is 0.995. The third-order valence-corrected chi connectivity index (χ3v) is 9.64. The Bertz CT molecular complexity index is 1440. The zero-order valence-electron chi connectivity index (χ0n) is 20.0. The molecule has 0 bridgehead atoms. The molecule has 0 fully saturated rings. The number of nitrogens with zero attached hydrogens (tertiary/aromatic N) is 2. The van der Waals surface area contributed by atoms with E-state index in [4.69, 9.17) is 4.98 Å². The molecule has 3 heterocycles. The molecule has 1 N–H and O–H groups in total. The van der Waals surface area contributed by atoms with E-state index in [1.54, 1.807) is 15.9 Å². The smallest absolute Gasteiger partial charge is 0.267 e. The summed E-state index contributed by atoms with van der Waals surface area (Å²) in [6.45, 7) is 6.96. The molecule has 4 aromatic rings. The molecule has 180 valence electrons. The summed E-state index contributed by atoms with van der Waals surface area (Å²) in [6.07, 6.45) is 0.853. The number of hydrogen-bond donors (Lipinski definition) is 1. The van der Waals surface area contributed by atoms with Gasteiger partial charge in [0.05, 0.1) is 16.8 Å². The second-order valence-corrected chi connectivity index (χ2v) is 13.0. The highest BCUT2D eigenvalue weighted by molar-refractivity contribution is 8.00. The third-order valence-electron chi connectivity index (χ3n) is 6.03. The first kappa shape index (κ1) is 24.2. The van der Waals surface area contributed by atoms with Crippen molar-refractivity contribution in [1.82, 2.24) is 14.9 Å². The summed E-state index contributed by atoms with van der Waals surface area (Å²) in [5.41, 5.74) is 4.03. The minimum Gasteiger partial charge on any atom is -0.351 e. The van der Waals surface area contributed by atoms with E-state index in [2.05, 4.69) is 19.2 Å². The van der Waals surface area contributed by atoms with Crippen LogP contribution in [0.5, 0.6) is 0 Å². The lowest BCUT2D eigenvalue weighted by molar-refractivity contribution is -0.118. The maximum Gasteiger partial charge on any atom is 0.267 e. The Balaban J connectivity index is 1.50. The lowest BCUT2D eigenvalue weighted by Crippen LogP contribution is -2.27. The van der Waals surface area contributed by atoms with E-state index in [1.807, 2.05) is 73.3 Å². The van der Waals surface area contributed by atoms with Crippen LogP contribution in [0.25, 0.3) is 15.9 Å². The van der Waals surface area contributed by atoms with Crippen LogP contribution in [0.15, 0.2) is 64.5 Å². The molecule has 1 aliphatic heterocycles. The van der Waals surface area contributed by atoms with Crippen molar-refractivity contribution in [2.45, 2.75) is 49.4 Å². The van der Waals surface area contributed by atoms with Crippen molar-refractivity contribution in [1.29, 1.82) is 0 Å². The molecule has 1 amide bonds. The van der Waals surface area contributed by atoms with Gasteiger partial charge in [-0.25, -0.2) is 4.98 Å². The SMILES string of the molecule is Cc1ccc(-n2c(SCC(=O)NCc3ccccc3)nc3sc4c(c3c2=O)CC(C)(C)SC4)cc1. The zero-order chi connectivity index (χ0) is 24.6. The Morgan fingerprint density at radius 1 is 1.14 bits per heavy atom. The largest absolute Gasteiger partial charge is 0.351 e. The minimum atomic E-state index is -0.0905. The lowest BCUT2D eigenvalue weighted by atomic mass is 10.00. The van der Waals surface area contributed by atoms with Gasteiger partial charge in [0.15, 0.2) is 5.16 Å². The standard InChI is InChI=1S/C27H27N3O2S3/c1-17-9-11-19(12-10-17)30-25(32)23-20-13-27(2,3)34-15-21(20)35-24(23)29-26(30)33-16-22(31)28-14-18-7-5-4-6-8-18/h4-12H,13-16H2,1-3H3,(H,28,31). The van der Waals surface area contributed by atoms with E-state index in [-0.39, 0.29) is 22.0 Å². The van der Waals surface area contributed by atoms with Crippen molar-refractivity contribution in [2.24, 2.45) is 0 Å². The summed E-state index contributed by atoms with van der Waals surface area (Å²) < 4.78 is 1.77. The molecule has 2 aromatic carbocycles. The first-order valence-electron chi connectivity index (χ1n) is 11.5. The Morgan fingerprint density at radius 2 is 1.89 bits per heavy atom. The Hall–Kier alpha value is -2.55. The number of carbonyl (C=O) groups excluding carboxylic acids is 1. The molecule has 0 spiro atoms. The van der Waals surface area contributed by atoms with Crippen molar-refractivity contribution in [2.75, 3.05) is 5.75 Å². The number of carbonyl (C=O) groups is 1. The van der Waals surface area contributed by atoms with Crippen LogP contribution >= 0.6 is 34.9 Å². The Morgan fingerprint density at radius 3 is 2.63 bits per heavy atom. The first-order valence-corrected chi connectivity index (χ1v) is 14.3. The van der Waals surface area contributed by atoms with Crippen LogP contribution in [-0.2, 0) is 23.5 Å². The van der Waals surface area contributed by atoms with Gasteiger partial charge in [-0.2, -0.15) is 0 Å². The van der Waals surface area contributed by atoms with E-state index >= 15 is 0 Å². The van der Waals surface area contributed by atoms with Crippen LogP contribution in [0, 0.1) is 6.92 Å². The number of rotatable bonds is 6. The van der Waals surface area contributed by atoms with Crippen LogP contribution in [-0.4, -0.2) is 26.0 Å². The van der Waals surface area contributed by atoms with Gasteiger partial charge in [0, 0.05) is 21.9 Å². The molecule has 5 nitrogen and oxygen atoms in total. The number of hydrogen-bond acceptors (Lipinski definition) is 6. The maximum atomic E-state index is 13.9. The van der Waals surface area contributed by atoms with Crippen molar-refractivity contribution < 1.29 is 4.79 Å². The fourth-order valence-electron chi connectivity index (χ4n) is 4.17. The van der Waals surface area contributed by atoms with Gasteiger partial charge < -0.3 is 5.32 Å². The quantitative estimate of drug-likeness (QED) is 0.259. The van der Waals surface area contributed by atoms with E-state index in [0.717, 1.165) is 44.8 Å². The van der Waals surface area contributed by atoms with E-state index < -0.39 is 0 Å². The highest BCUT2D eigenvalue weighted by Crippen LogP contribution is 2.44. The molecule has 0 radical (unpaired) electrons. The van der Waals surface area contributed by atoms with Crippen LogP contribution in [0.1, 0.15) is 35.4 Å². The van der Waals surface area contributed by atoms with E-state index in [1.165, 1.54) is 16.6 Å². The molecule has 1 aliphatic rings. The molecule has 0 saturated carbocycles. The van der Waals surface area contributed by atoms with E-state index in [9.17, 15) is 9.59 Å². The molecule has 5 rings (SSSR count). The highest BCUT2D eigenvalue weighted by atomic mass is 32.2. The normalized spacial score (nSPS) is 14.6. The van der Waals surface area contributed by atoms with E-state index in [0.29, 0.717) is 11.7 Å². The highest BCUT2D eigenvalue weighted by Gasteiger charge is 2.31. The summed E-state index contributed by atoms with van der Waals surface area (Å²) in [7, 11) is 0. The van der Waals surface area contributed by atoms with Gasteiger partial charge in [0.1, 0.15) is 4.83 Å². The summed E-state index contributed by atoms with van der Waals surface area (Å²) in [6, 6.07) is 17.7. The lowest BCUT2D eigenvalue weighted by Gasteiger charge is -2.28. The summed E-state index contributed by atoms with van der Waals surface area (Å²) >= 11 is 4.85. The van der Waals surface area contributed by atoms with Crippen molar-refractivity contribution in [3.8, 4) is 5.69 Å². The number of nitrogens with one attached hydrogen (secondary N) is 1. The molecular weight excluding hydrogens is 495 g/mol. The van der Waals surface area contributed by atoms with Crippen molar-refractivity contribution >= 4 is 51.0 Å². The molecule has 0 unspecified atom stereocenters. The summed E-state index contributed by atoms with van der Waals surface area (Å²) in [4.78, 5) is 33.5. The van der Waals surface area contributed by atoms with Gasteiger partial charge in [-0.3, -0.25) is 14.2 Å². The first-order chi connectivity index (χ1) is 16.8.